The lowest BCUT2D eigenvalue weighted by molar-refractivity contribution is -0.142. The number of rotatable bonds is 14. The molecule has 18 heteroatoms. The molecule has 10 rings (SSSR count). The van der Waals surface area contributed by atoms with Gasteiger partial charge in [-0.2, -0.15) is 5.10 Å². The average Bonchev–Trinajstić information content (AvgIpc) is 4.19. The minimum Gasteiger partial charge on any atom is -0.474 e. The van der Waals surface area contributed by atoms with E-state index in [0.29, 0.717) is 42.5 Å². The van der Waals surface area contributed by atoms with Crippen molar-refractivity contribution in [3.8, 4) is 32.4 Å². The molecule has 5 aromatic heterocycles. The number of hydrogen-bond acceptors (Lipinski definition) is 12. The van der Waals surface area contributed by atoms with E-state index in [-0.39, 0.29) is 54.2 Å². The van der Waals surface area contributed by atoms with Gasteiger partial charge >= 0.3 is 0 Å². The van der Waals surface area contributed by atoms with Crippen molar-refractivity contribution in [2.45, 2.75) is 117 Å². The number of benzene rings is 2. The molecule has 2 aromatic carbocycles. The van der Waals surface area contributed by atoms with Crippen LogP contribution in [0.2, 0.25) is 5.02 Å². The number of carbonyl (C=O) groups is 3. The number of nitrogens with zero attached hydrogens (tertiary/aromatic N) is 9. The normalized spacial score (nSPS) is 20.2. The zero-order chi connectivity index (χ0) is 50.5. The molecular formula is C54H58ClN11O4S2. The molecule has 0 unspecified atom stereocenters. The smallest absolute Gasteiger partial charge is 0.248 e. The fourth-order valence-electron chi connectivity index (χ4n) is 10.1. The Labute approximate surface area is 432 Å². The van der Waals surface area contributed by atoms with E-state index in [1.165, 1.54) is 4.88 Å². The van der Waals surface area contributed by atoms with Crippen molar-refractivity contribution < 1.29 is 19.1 Å². The van der Waals surface area contributed by atoms with Crippen LogP contribution in [0.25, 0.3) is 26.6 Å². The second-order valence-corrected chi connectivity index (χ2v) is 22.3. The van der Waals surface area contributed by atoms with Crippen LogP contribution in [0.3, 0.4) is 0 Å². The summed E-state index contributed by atoms with van der Waals surface area (Å²) in [7, 11) is 0. The Hall–Kier alpha value is -6.56. The zero-order valence-electron chi connectivity index (χ0n) is 41.6. The molecule has 5 atom stereocenters. The Balaban J connectivity index is 0.762. The second-order valence-electron chi connectivity index (χ2n) is 19.8. The number of aryl methyl sites for hydroxylation is 3. The van der Waals surface area contributed by atoms with E-state index < -0.39 is 18.1 Å². The molecule has 2 N–H and O–H groups in total. The topological polar surface area (TPSA) is 174 Å². The van der Waals surface area contributed by atoms with Gasteiger partial charge in [0.15, 0.2) is 5.82 Å². The lowest BCUT2D eigenvalue weighted by atomic mass is 9.89. The summed E-state index contributed by atoms with van der Waals surface area (Å²) in [5, 5.41) is 21.7. The number of nitrogens with one attached hydrogen (secondary N) is 2. The first-order valence-electron chi connectivity index (χ1n) is 24.5. The van der Waals surface area contributed by atoms with E-state index in [0.717, 1.165) is 66.1 Å². The predicted molar refractivity (Wildman–Crippen MR) is 281 cm³/mol. The van der Waals surface area contributed by atoms with Crippen LogP contribution in [-0.4, -0.2) is 87.6 Å². The molecule has 7 aromatic rings. The molecule has 72 heavy (non-hydrogen) atoms. The van der Waals surface area contributed by atoms with E-state index in [4.69, 9.17) is 26.4 Å². The van der Waals surface area contributed by atoms with Crippen LogP contribution in [0.15, 0.2) is 89.8 Å². The monoisotopic (exact) mass is 1020 g/mol. The second kappa shape index (κ2) is 20.2. The molecule has 0 spiro atoms. The van der Waals surface area contributed by atoms with Gasteiger partial charge in [-0.05, 0) is 93.3 Å². The minimum absolute atomic E-state index is 0.0738. The largest absolute Gasteiger partial charge is 0.474 e. The number of aromatic nitrogens is 7. The number of halogens is 1. The van der Waals surface area contributed by atoms with E-state index in [1.807, 2.05) is 99.4 Å². The number of aliphatic imine (C=N–C) groups is 1. The first kappa shape index (κ1) is 49.0. The lowest BCUT2D eigenvalue weighted by Gasteiger charge is -2.35. The maximum atomic E-state index is 14.5. The van der Waals surface area contributed by atoms with Gasteiger partial charge in [0.2, 0.25) is 23.6 Å². The molecule has 3 aliphatic rings. The Bertz CT molecular complexity index is 3190. The predicted octanol–water partition coefficient (Wildman–Crippen LogP) is 9.92. The number of amides is 3. The van der Waals surface area contributed by atoms with Crippen molar-refractivity contribution in [2.24, 2.45) is 16.8 Å². The SMILES string of the molecule is Cc1ncsc1-c1ccc([C@H](C)NC(=O)[C@@H]2C[C@@H](C)CN2C(=O)[C@@H](C(C)C)n2cc(-c3ccnc(OC4CC(NC(=O)C[C@@H]5N=C(c6ccc(Cl)cc6)c6c(sc(C)c6C)-n6c(C)nnc65)C4)c3)cn2)cc1. The number of hydrogen-bond donors (Lipinski definition) is 2. The molecule has 372 valence electrons. The van der Waals surface area contributed by atoms with E-state index in [1.54, 1.807) is 44.6 Å². The fourth-order valence-corrected chi connectivity index (χ4v) is 12.3. The van der Waals surface area contributed by atoms with Gasteiger partial charge in [-0.3, -0.25) is 28.6 Å². The number of ether oxygens (including phenoxy) is 1. The lowest BCUT2D eigenvalue weighted by Crippen LogP contribution is -2.49. The van der Waals surface area contributed by atoms with Gasteiger partial charge in [0.25, 0.3) is 0 Å². The Morgan fingerprint density at radius 3 is 2.38 bits per heavy atom. The number of thiophene rings is 1. The number of thiazole rings is 1. The van der Waals surface area contributed by atoms with Gasteiger partial charge in [0.1, 0.15) is 35.1 Å². The summed E-state index contributed by atoms with van der Waals surface area (Å²) in [5.74, 6) is 1.47. The number of likely N-dealkylation sites (tertiary alicyclic amines) is 1. The van der Waals surface area contributed by atoms with Crippen molar-refractivity contribution in [1.82, 2.24) is 50.0 Å². The van der Waals surface area contributed by atoms with Crippen LogP contribution in [0.1, 0.15) is 116 Å². The van der Waals surface area contributed by atoms with Crippen molar-refractivity contribution in [1.29, 1.82) is 0 Å². The summed E-state index contributed by atoms with van der Waals surface area (Å²) in [6, 6.07) is 17.5. The van der Waals surface area contributed by atoms with Crippen LogP contribution in [0.4, 0.5) is 0 Å². The summed E-state index contributed by atoms with van der Waals surface area (Å²) in [6.07, 6.45) is 7.12. The molecule has 0 radical (unpaired) electrons. The summed E-state index contributed by atoms with van der Waals surface area (Å²) in [4.78, 5) is 60.4. The highest BCUT2D eigenvalue weighted by Gasteiger charge is 2.42. The average molecular weight is 1020 g/mol. The zero-order valence-corrected chi connectivity index (χ0v) is 44.0. The third-order valence-electron chi connectivity index (χ3n) is 14.2. The van der Waals surface area contributed by atoms with Crippen molar-refractivity contribution in [2.75, 3.05) is 6.54 Å². The van der Waals surface area contributed by atoms with Gasteiger partial charge in [0.05, 0.1) is 40.5 Å². The Morgan fingerprint density at radius 2 is 1.65 bits per heavy atom. The summed E-state index contributed by atoms with van der Waals surface area (Å²) < 4.78 is 10.1. The van der Waals surface area contributed by atoms with Gasteiger partial charge in [-0.15, -0.1) is 32.9 Å². The Morgan fingerprint density at radius 1 is 0.903 bits per heavy atom. The maximum Gasteiger partial charge on any atom is 0.248 e. The van der Waals surface area contributed by atoms with Crippen LogP contribution in [0, 0.1) is 39.5 Å². The fraction of sp³-hybridized carbons (Fsp3) is 0.389. The molecule has 1 saturated carbocycles. The van der Waals surface area contributed by atoms with E-state index in [2.05, 4.69) is 63.7 Å². The van der Waals surface area contributed by atoms with Crippen molar-refractivity contribution in [3.63, 3.8) is 0 Å². The van der Waals surface area contributed by atoms with Gasteiger partial charge in [-0.25, -0.2) is 9.97 Å². The highest BCUT2D eigenvalue weighted by molar-refractivity contribution is 7.15. The third kappa shape index (κ3) is 9.73. The van der Waals surface area contributed by atoms with Gasteiger partial charge in [-0.1, -0.05) is 68.8 Å². The van der Waals surface area contributed by atoms with E-state index in [9.17, 15) is 14.4 Å². The molecule has 1 aliphatic carbocycles. The van der Waals surface area contributed by atoms with Crippen LogP contribution < -0.4 is 15.4 Å². The molecular weight excluding hydrogens is 966 g/mol. The van der Waals surface area contributed by atoms with Crippen LogP contribution >= 0.6 is 34.3 Å². The standard InChI is InChI=1S/C54H58ClN11O4S2/c1-28(2)49(53(69)64-25-29(3)19-44(64)52(68)59-31(5)35-9-11-37(12-10-35)50-32(6)57-27-71-50)65-26-39(24-58-65)38-17-18-56-46(20-38)70-42-21-41(22-42)60-45(67)23-43-51-63-62-34(8)66(51)54-47(30(4)33(7)72-54)48(61-43)36-13-15-40(55)16-14-36/h9-18,20,24,26-29,31,41-44,49H,19,21-23,25H2,1-8H3,(H,59,68)(H,60,67)/t29-,31+,41?,42?,43+,44+,49-/m1/s1. The Kier molecular flexibility index (Phi) is 13.7. The van der Waals surface area contributed by atoms with Gasteiger partial charge in [0, 0.05) is 70.5 Å². The third-order valence-corrected chi connectivity index (χ3v) is 16.6. The molecule has 7 heterocycles. The molecule has 1 saturated heterocycles. The van der Waals surface area contributed by atoms with E-state index >= 15 is 0 Å². The number of fused-ring (bicyclic) bond motifs is 3. The van der Waals surface area contributed by atoms with Gasteiger partial charge < -0.3 is 20.3 Å². The van der Waals surface area contributed by atoms with Crippen LogP contribution in [0.5, 0.6) is 5.88 Å². The highest BCUT2D eigenvalue weighted by Crippen LogP contribution is 2.40. The summed E-state index contributed by atoms with van der Waals surface area (Å²) in [5.41, 5.74) is 10.4. The quantitative estimate of drug-likeness (QED) is 0.107. The number of pyridine rings is 1. The van der Waals surface area contributed by atoms with Crippen molar-refractivity contribution in [3.05, 3.63) is 134 Å². The first-order valence-corrected chi connectivity index (χ1v) is 26.6. The molecule has 0 bridgehead atoms. The number of carbonyl (C=O) groups excluding carboxylic acids is 3. The summed E-state index contributed by atoms with van der Waals surface area (Å²) in [6.45, 7) is 16.7. The molecule has 2 fully saturated rings. The molecule has 2 aliphatic heterocycles. The van der Waals surface area contributed by atoms with Crippen molar-refractivity contribution >= 4 is 57.7 Å². The molecule has 3 amide bonds. The minimum atomic E-state index is -0.622. The first-order chi connectivity index (χ1) is 34.6. The maximum absolute atomic E-state index is 14.5. The summed E-state index contributed by atoms with van der Waals surface area (Å²) >= 11 is 9.57. The highest BCUT2D eigenvalue weighted by atomic mass is 35.5. The van der Waals surface area contributed by atoms with Crippen LogP contribution in [-0.2, 0) is 14.4 Å². The molecule has 15 nitrogen and oxygen atoms in total.